The van der Waals surface area contributed by atoms with Gasteiger partial charge in [-0.3, -0.25) is 10.1 Å². The van der Waals surface area contributed by atoms with Crippen LogP contribution in [0, 0.1) is 10.1 Å². The third-order valence-corrected chi connectivity index (χ3v) is 2.82. The number of nitro groups is 1. The Bertz CT molecular complexity index is 442. The molecule has 0 amide bonds. The van der Waals surface area contributed by atoms with Crippen LogP contribution in [0.5, 0.6) is 0 Å². The Kier molecular flexibility index (Phi) is 4.13. The lowest BCUT2D eigenvalue weighted by atomic mass is 9.93. The molecule has 0 aliphatic carbocycles. The fourth-order valence-electron chi connectivity index (χ4n) is 1.48. The van der Waals surface area contributed by atoms with E-state index in [1.54, 1.807) is 13.8 Å². The van der Waals surface area contributed by atoms with Crippen LogP contribution >= 0.6 is 0 Å². The fourth-order valence-corrected chi connectivity index (χ4v) is 1.48. The van der Waals surface area contributed by atoms with E-state index in [0.29, 0.717) is 12.8 Å². The highest BCUT2D eigenvalue weighted by atomic mass is 16.6. The van der Waals surface area contributed by atoms with Crippen molar-refractivity contribution in [3.8, 4) is 0 Å². The number of aromatic nitrogens is 2. The van der Waals surface area contributed by atoms with Gasteiger partial charge >= 0.3 is 11.7 Å². The maximum absolute atomic E-state index is 11.2. The van der Waals surface area contributed by atoms with Crippen molar-refractivity contribution in [2.24, 2.45) is 0 Å². The summed E-state index contributed by atoms with van der Waals surface area (Å²) < 4.78 is 0. The quantitative estimate of drug-likeness (QED) is 0.582. The molecule has 0 aromatic carbocycles. The minimum atomic E-state index is -1.16. The molecule has 1 aromatic heterocycles. The van der Waals surface area contributed by atoms with Crippen LogP contribution in [0.1, 0.15) is 26.7 Å². The first kappa shape index (κ1) is 13.8. The zero-order chi connectivity index (χ0) is 13.8. The van der Waals surface area contributed by atoms with E-state index in [0.717, 1.165) is 12.4 Å². The number of anilines is 1. The maximum Gasteiger partial charge on any atom is 0.329 e. The van der Waals surface area contributed by atoms with E-state index < -0.39 is 16.4 Å². The van der Waals surface area contributed by atoms with Gasteiger partial charge in [-0.15, -0.1) is 0 Å². The van der Waals surface area contributed by atoms with Crippen molar-refractivity contribution in [3.05, 3.63) is 22.5 Å². The van der Waals surface area contributed by atoms with Crippen LogP contribution in [0.2, 0.25) is 0 Å². The van der Waals surface area contributed by atoms with Gasteiger partial charge in [0.05, 0.1) is 4.92 Å². The lowest BCUT2D eigenvalue weighted by Gasteiger charge is -2.27. The average molecular weight is 254 g/mol. The summed E-state index contributed by atoms with van der Waals surface area (Å²) >= 11 is 0. The second kappa shape index (κ2) is 5.39. The molecule has 2 N–H and O–H groups in total. The monoisotopic (exact) mass is 254 g/mol. The van der Waals surface area contributed by atoms with Gasteiger partial charge in [-0.05, 0) is 12.8 Å². The number of carbonyl (C=O) groups is 1. The van der Waals surface area contributed by atoms with Crippen molar-refractivity contribution in [3.63, 3.8) is 0 Å². The highest BCUT2D eigenvalue weighted by Crippen LogP contribution is 2.21. The maximum atomic E-state index is 11.2. The highest BCUT2D eigenvalue weighted by Gasteiger charge is 2.35. The van der Waals surface area contributed by atoms with Gasteiger partial charge < -0.3 is 10.4 Å². The Morgan fingerprint density at radius 2 is 1.94 bits per heavy atom. The van der Waals surface area contributed by atoms with Crippen molar-refractivity contribution in [2.45, 2.75) is 32.2 Å². The molecule has 8 heteroatoms. The summed E-state index contributed by atoms with van der Waals surface area (Å²) in [7, 11) is 0. The number of rotatable bonds is 6. The Labute approximate surface area is 103 Å². The molecule has 0 aliphatic heterocycles. The second-order valence-corrected chi connectivity index (χ2v) is 3.74. The molecule has 1 heterocycles. The molecule has 0 unspecified atom stereocenters. The summed E-state index contributed by atoms with van der Waals surface area (Å²) in [6, 6.07) is 0. The SMILES string of the molecule is CCC(CC)(Nc1ncc([N+](=O)[O-])cn1)C(=O)O. The van der Waals surface area contributed by atoms with E-state index >= 15 is 0 Å². The van der Waals surface area contributed by atoms with E-state index in [4.69, 9.17) is 0 Å². The summed E-state index contributed by atoms with van der Waals surface area (Å²) in [6.07, 6.45) is 2.76. The van der Waals surface area contributed by atoms with Gasteiger partial charge in [0.1, 0.15) is 17.9 Å². The lowest BCUT2D eigenvalue weighted by molar-refractivity contribution is -0.385. The molecule has 1 aromatic rings. The molecule has 0 saturated heterocycles. The van der Waals surface area contributed by atoms with Crippen LogP contribution < -0.4 is 5.32 Å². The van der Waals surface area contributed by atoms with Gasteiger partial charge in [-0.1, -0.05) is 13.8 Å². The van der Waals surface area contributed by atoms with E-state index in [1.807, 2.05) is 0 Å². The molecule has 98 valence electrons. The third kappa shape index (κ3) is 2.70. The highest BCUT2D eigenvalue weighted by molar-refractivity contribution is 5.81. The number of hydrogen-bond donors (Lipinski definition) is 2. The zero-order valence-electron chi connectivity index (χ0n) is 10.1. The van der Waals surface area contributed by atoms with Gasteiger partial charge in [-0.25, -0.2) is 14.8 Å². The zero-order valence-corrected chi connectivity index (χ0v) is 10.1. The largest absolute Gasteiger partial charge is 0.480 e. The van der Waals surface area contributed by atoms with Gasteiger partial charge in [0, 0.05) is 0 Å². The van der Waals surface area contributed by atoms with E-state index in [2.05, 4.69) is 15.3 Å². The Morgan fingerprint density at radius 3 is 2.28 bits per heavy atom. The number of hydrogen-bond acceptors (Lipinski definition) is 6. The fraction of sp³-hybridized carbons (Fsp3) is 0.500. The Balaban J connectivity index is 2.95. The van der Waals surface area contributed by atoms with E-state index in [1.165, 1.54) is 0 Å². The number of carboxylic acids is 1. The molecule has 1 rings (SSSR count). The number of nitrogens with zero attached hydrogens (tertiary/aromatic N) is 3. The smallest absolute Gasteiger partial charge is 0.329 e. The normalized spacial score (nSPS) is 11.0. The van der Waals surface area contributed by atoms with E-state index in [9.17, 15) is 20.0 Å². The van der Waals surface area contributed by atoms with Crippen molar-refractivity contribution < 1.29 is 14.8 Å². The number of aliphatic carboxylic acids is 1. The molecule has 8 nitrogen and oxygen atoms in total. The summed E-state index contributed by atoms with van der Waals surface area (Å²) in [5, 5.41) is 22.3. The van der Waals surface area contributed by atoms with Crippen LogP contribution in [-0.4, -0.2) is 31.5 Å². The molecule has 0 radical (unpaired) electrons. The molecule has 0 aliphatic rings. The standard InChI is InChI=1S/C10H14N4O4/c1-3-10(4-2,8(15)16)13-9-11-5-7(6-12-9)14(17)18/h5-6H,3-4H2,1-2H3,(H,15,16)(H,11,12,13). The first-order valence-electron chi connectivity index (χ1n) is 5.43. The third-order valence-electron chi connectivity index (χ3n) is 2.82. The van der Waals surface area contributed by atoms with Gasteiger partial charge in [-0.2, -0.15) is 0 Å². The van der Waals surface area contributed by atoms with Crippen LogP contribution in [0.15, 0.2) is 12.4 Å². The predicted molar refractivity (Wildman–Crippen MR) is 63.3 cm³/mol. The molecule has 0 spiro atoms. The minimum Gasteiger partial charge on any atom is -0.480 e. The van der Waals surface area contributed by atoms with E-state index in [-0.39, 0.29) is 11.6 Å². The molecular weight excluding hydrogens is 240 g/mol. The Morgan fingerprint density at radius 1 is 1.44 bits per heavy atom. The van der Waals surface area contributed by atoms with Crippen molar-refractivity contribution in [2.75, 3.05) is 5.32 Å². The number of nitrogens with one attached hydrogen (secondary N) is 1. The number of carboxylic acid groups (broad SMARTS) is 1. The van der Waals surface area contributed by atoms with Crippen molar-refractivity contribution in [1.29, 1.82) is 0 Å². The van der Waals surface area contributed by atoms with Crippen LogP contribution in [-0.2, 0) is 4.79 Å². The average Bonchev–Trinajstić information content (AvgIpc) is 2.36. The molecule has 18 heavy (non-hydrogen) atoms. The molecular formula is C10H14N4O4. The van der Waals surface area contributed by atoms with Gasteiger partial charge in [0.25, 0.3) is 0 Å². The van der Waals surface area contributed by atoms with Crippen molar-refractivity contribution in [1.82, 2.24) is 9.97 Å². The first-order valence-corrected chi connectivity index (χ1v) is 5.43. The van der Waals surface area contributed by atoms with Crippen molar-refractivity contribution >= 4 is 17.6 Å². The molecule has 0 atom stereocenters. The summed E-state index contributed by atoms with van der Waals surface area (Å²) in [4.78, 5) is 28.5. The molecule has 0 bridgehead atoms. The van der Waals surface area contributed by atoms with Gasteiger partial charge in [0.2, 0.25) is 5.95 Å². The summed E-state index contributed by atoms with van der Waals surface area (Å²) in [5.41, 5.74) is -1.40. The van der Waals surface area contributed by atoms with Crippen LogP contribution in [0.25, 0.3) is 0 Å². The minimum absolute atomic E-state index is 0.0618. The second-order valence-electron chi connectivity index (χ2n) is 3.74. The molecule has 0 saturated carbocycles. The first-order chi connectivity index (χ1) is 8.45. The van der Waals surface area contributed by atoms with Crippen LogP contribution in [0.3, 0.4) is 0 Å². The predicted octanol–water partition coefficient (Wildman–Crippen LogP) is 1.44. The Hall–Kier alpha value is -2.25. The summed E-state index contributed by atoms with van der Waals surface area (Å²) in [5.74, 6) is -0.943. The summed E-state index contributed by atoms with van der Waals surface area (Å²) in [6.45, 7) is 3.46. The van der Waals surface area contributed by atoms with Gasteiger partial charge in [0.15, 0.2) is 0 Å². The van der Waals surface area contributed by atoms with Crippen LogP contribution in [0.4, 0.5) is 11.6 Å². The topological polar surface area (TPSA) is 118 Å². The lowest BCUT2D eigenvalue weighted by Crippen LogP contribution is -2.45. The molecule has 0 fully saturated rings.